The molecule has 4 rings (SSSR count). The summed E-state index contributed by atoms with van der Waals surface area (Å²) in [5.41, 5.74) is 1.82. The van der Waals surface area contributed by atoms with Gasteiger partial charge >= 0.3 is 6.18 Å². The van der Waals surface area contributed by atoms with Gasteiger partial charge in [0.25, 0.3) is 0 Å². The van der Waals surface area contributed by atoms with E-state index in [1.807, 2.05) is 6.07 Å². The summed E-state index contributed by atoms with van der Waals surface area (Å²) in [6, 6.07) is 8.53. The zero-order valence-electron chi connectivity index (χ0n) is 16.5. The normalized spacial score (nSPS) is 14.8. The average Bonchev–Trinajstić information content (AvgIpc) is 3.51. The van der Waals surface area contributed by atoms with E-state index in [1.54, 1.807) is 28.9 Å². The van der Waals surface area contributed by atoms with E-state index < -0.39 is 18.7 Å². The molecule has 7 nitrogen and oxygen atoms in total. The molecule has 3 aromatic heterocycles. The van der Waals surface area contributed by atoms with Crippen LogP contribution in [0.3, 0.4) is 0 Å². The lowest BCUT2D eigenvalue weighted by Gasteiger charge is -2.18. The Morgan fingerprint density at radius 1 is 1.39 bits per heavy atom. The lowest BCUT2D eigenvalue weighted by Crippen LogP contribution is -2.25. The van der Waals surface area contributed by atoms with Crippen molar-refractivity contribution in [3.63, 3.8) is 0 Å². The van der Waals surface area contributed by atoms with Gasteiger partial charge in [-0.15, -0.1) is 0 Å². The number of rotatable bonds is 6. The molecule has 0 unspecified atom stereocenters. The number of ether oxygens (including phenoxy) is 1. The number of hydrogen-bond donors (Lipinski definition) is 1. The summed E-state index contributed by atoms with van der Waals surface area (Å²) in [7, 11) is 0. The number of nitrogens with zero attached hydrogens (tertiary/aromatic N) is 4. The second kappa shape index (κ2) is 7.91. The number of hydrogen-bond acceptors (Lipinski definition) is 5. The molecular formula is C21H18F3N5O2. The summed E-state index contributed by atoms with van der Waals surface area (Å²) in [6.07, 6.45) is 0.285. The molecule has 1 atom stereocenters. The van der Waals surface area contributed by atoms with Crippen LogP contribution in [0.15, 0.2) is 36.7 Å². The van der Waals surface area contributed by atoms with E-state index in [1.165, 1.54) is 12.3 Å². The standard InChI is InChI=1S/C21H18F3N5O2/c1-12(21(22,23)24)11-31-18-10-26-15(9-25)7-17(18)14-4-5-29-16(6-14)8-19(28-29)27-20(30)13-2-3-13/h4-8,10,12-13H,2-3,11H2,1H3,(H,27,28,30)/t12-/m1/s1. The van der Waals surface area contributed by atoms with E-state index in [-0.39, 0.29) is 23.3 Å². The highest BCUT2D eigenvalue weighted by Crippen LogP contribution is 2.34. The van der Waals surface area contributed by atoms with Crippen LogP contribution >= 0.6 is 0 Å². The van der Waals surface area contributed by atoms with Gasteiger partial charge < -0.3 is 10.1 Å². The first kappa shape index (κ1) is 20.7. The number of carbonyl (C=O) groups is 1. The Morgan fingerprint density at radius 2 is 2.16 bits per heavy atom. The van der Waals surface area contributed by atoms with Crippen molar-refractivity contribution in [2.24, 2.45) is 11.8 Å². The molecule has 160 valence electrons. The van der Waals surface area contributed by atoms with Crippen LogP contribution in [0.1, 0.15) is 25.5 Å². The minimum Gasteiger partial charge on any atom is -0.491 e. The number of nitriles is 1. The van der Waals surface area contributed by atoms with E-state index in [0.717, 1.165) is 19.8 Å². The van der Waals surface area contributed by atoms with Crippen LogP contribution in [0.25, 0.3) is 16.6 Å². The zero-order chi connectivity index (χ0) is 22.2. The highest BCUT2D eigenvalue weighted by molar-refractivity contribution is 5.93. The number of alkyl halides is 3. The third kappa shape index (κ3) is 4.60. The van der Waals surface area contributed by atoms with E-state index >= 15 is 0 Å². The summed E-state index contributed by atoms with van der Waals surface area (Å²) in [5, 5.41) is 16.3. The summed E-state index contributed by atoms with van der Waals surface area (Å²) >= 11 is 0. The Balaban J connectivity index is 1.63. The van der Waals surface area contributed by atoms with Crippen LogP contribution in [-0.2, 0) is 4.79 Å². The SMILES string of the molecule is C[C@H](COc1cnc(C#N)cc1-c1ccn2nc(NC(=O)C3CC3)cc2c1)C(F)(F)F. The summed E-state index contributed by atoms with van der Waals surface area (Å²) in [5.74, 6) is -1.13. The van der Waals surface area contributed by atoms with Crippen LogP contribution in [-0.4, -0.2) is 33.3 Å². The fourth-order valence-electron chi connectivity index (χ4n) is 2.95. The number of aromatic nitrogens is 3. The lowest BCUT2D eigenvalue weighted by molar-refractivity contribution is -0.176. The number of amides is 1. The Bertz CT molecular complexity index is 1180. The van der Waals surface area contributed by atoms with Crippen LogP contribution in [0.2, 0.25) is 0 Å². The van der Waals surface area contributed by atoms with E-state index in [9.17, 15) is 23.2 Å². The highest BCUT2D eigenvalue weighted by atomic mass is 19.4. The monoisotopic (exact) mass is 429 g/mol. The van der Waals surface area contributed by atoms with Gasteiger partial charge in [0.1, 0.15) is 17.5 Å². The number of halogens is 3. The Kier molecular flexibility index (Phi) is 5.27. The van der Waals surface area contributed by atoms with Crippen LogP contribution in [0.5, 0.6) is 5.75 Å². The molecule has 3 aromatic rings. The summed E-state index contributed by atoms with van der Waals surface area (Å²) in [6.45, 7) is 0.461. The second-order valence-electron chi connectivity index (χ2n) is 7.51. The maximum atomic E-state index is 12.8. The minimum atomic E-state index is -4.38. The van der Waals surface area contributed by atoms with Gasteiger partial charge in [-0.05, 0) is 36.6 Å². The average molecular weight is 429 g/mol. The number of carbonyl (C=O) groups excluding carboxylic acids is 1. The first-order valence-electron chi connectivity index (χ1n) is 9.65. The predicted molar refractivity (Wildman–Crippen MR) is 105 cm³/mol. The van der Waals surface area contributed by atoms with Crippen molar-refractivity contribution in [3.05, 3.63) is 42.4 Å². The van der Waals surface area contributed by atoms with Crippen molar-refractivity contribution in [2.45, 2.75) is 25.9 Å². The maximum absolute atomic E-state index is 12.8. The first-order valence-corrected chi connectivity index (χ1v) is 9.65. The topological polar surface area (TPSA) is 92.3 Å². The van der Waals surface area contributed by atoms with Crippen LogP contribution in [0, 0.1) is 23.2 Å². The largest absolute Gasteiger partial charge is 0.491 e. The zero-order valence-corrected chi connectivity index (χ0v) is 16.5. The minimum absolute atomic E-state index is 0.0420. The fourth-order valence-corrected chi connectivity index (χ4v) is 2.95. The highest BCUT2D eigenvalue weighted by Gasteiger charge is 2.36. The molecule has 0 saturated heterocycles. The van der Waals surface area contributed by atoms with Crippen LogP contribution < -0.4 is 10.1 Å². The Morgan fingerprint density at radius 3 is 2.84 bits per heavy atom. The van der Waals surface area contributed by atoms with Crippen LogP contribution in [0.4, 0.5) is 19.0 Å². The number of pyridine rings is 2. The molecule has 3 heterocycles. The number of nitrogens with one attached hydrogen (secondary N) is 1. The molecule has 1 N–H and O–H groups in total. The first-order chi connectivity index (χ1) is 14.7. The van der Waals surface area contributed by atoms with Gasteiger partial charge in [-0.25, -0.2) is 9.50 Å². The van der Waals surface area contributed by atoms with Gasteiger partial charge in [-0.2, -0.15) is 23.5 Å². The molecule has 0 spiro atoms. The smallest absolute Gasteiger partial charge is 0.394 e. The molecule has 1 amide bonds. The van der Waals surface area contributed by atoms with Gasteiger partial charge in [0.2, 0.25) is 5.91 Å². The Hall–Kier alpha value is -3.61. The van der Waals surface area contributed by atoms with Crippen molar-refractivity contribution in [1.82, 2.24) is 14.6 Å². The van der Waals surface area contributed by atoms with E-state index in [0.29, 0.717) is 22.5 Å². The molecule has 10 heteroatoms. The molecule has 31 heavy (non-hydrogen) atoms. The van der Waals surface area contributed by atoms with Gasteiger partial charge in [-0.3, -0.25) is 4.79 Å². The van der Waals surface area contributed by atoms with Crippen molar-refractivity contribution in [1.29, 1.82) is 5.26 Å². The molecule has 1 saturated carbocycles. The predicted octanol–water partition coefficient (Wildman–Crippen LogP) is 4.19. The number of anilines is 1. The van der Waals surface area contributed by atoms with Crippen molar-refractivity contribution in [3.8, 4) is 22.9 Å². The molecule has 1 fully saturated rings. The summed E-state index contributed by atoms with van der Waals surface area (Å²) in [4.78, 5) is 15.9. The van der Waals surface area contributed by atoms with E-state index in [4.69, 9.17) is 4.74 Å². The van der Waals surface area contributed by atoms with Crippen molar-refractivity contribution < 1.29 is 22.7 Å². The molecule has 0 radical (unpaired) electrons. The molecule has 0 bridgehead atoms. The third-order valence-corrected chi connectivity index (χ3v) is 5.00. The van der Waals surface area contributed by atoms with Crippen molar-refractivity contribution >= 4 is 17.2 Å². The van der Waals surface area contributed by atoms with E-state index in [2.05, 4.69) is 15.4 Å². The molecule has 0 aliphatic heterocycles. The number of fused-ring (bicyclic) bond motifs is 1. The van der Waals surface area contributed by atoms with Gasteiger partial charge in [0.05, 0.1) is 24.2 Å². The molecule has 1 aliphatic carbocycles. The lowest BCUT2D eigenvalue weighted by atomic mass is 10.1. The molecular weight excluding hydrogens is 411 g/mol. The van der Waals surface area contributed by atoms with Gasteiger partial charge in [0.15, 0.2) is 5.82 Å². The third-order valence-electron chi connectivity index (χ3n) is 5.00. The quantitative estimate of drug-likeness (QED) is 0.634. The maximum Gasteiger partial charge on any atom is 0.394 e. The van der Waals surface area contributed by atoms with Crippen molar-refractivity contribution in [2.75, 3.05) is 11.9 Å². The fraction of sp³-hybridized carbons (Fsp3) is 0.333. The molecule has 0 aromatic carbocycles. The van der Waals surface area contributed by atoms with Gasteiger partial charge in [-0.1, -0.05) is 6.92 Å². The summed E-state index contributed by atoms with van der Waals surface area (Å²) < 4.78 is 45.5. The second-order valence-corrected chi connectivity index (χ2v) is 7.51. The molecule has 1 aliphatic rings. The van der Waals surface area contributed by atoms with Gasteiger partial charge in [0, 0.05) is 23.7 Å². The Labute approximate surface area is 175 Å².